The number of para-hydroxylation sites is 1. The number of ether oxygens (including phenoxy) is 1. The zero-order chi connectivity index (χ0) is 16.9. The van der Waals surface area contributed by atoms with Gasteiger partial charge in [0.25, 0.3) is 0 Å². The van der Waals surface area contributed by atoms with Crippen molar-refractivity contribution in [3.63, 3.8) is 0 Å². The highest BCUT2D eigenvalue weighted by Crippen LogP contribution is 2.45. The molecule has 5 nitrogen and oxygen atoms in total. The lowest BCUT2D eigenvalue weighted by Gasteiger charge is -2.38. The summed E-state index contributed by atoms with van der Waals surface area (Å²) in [6.45, 7) is 6.61. The summed E-state index contributed by atoms with van der Waals surface area (Å²) in [5.41, 5.74) is 0.585. The fourth-order valence-corrected chi connectivity index (χ4v) is 3.29. The van der Waals surface area contributed by atoms with E-state index in [9.17, 15) is 14.4 Å². The molecule has 0 amide bonds. The molecule has 1 saturated heterocycles. The number of aromatic nitrogens is 1. The number of carbonyl (C=O) groups excluding carboxylic acids is 3. The molecule has 0 unspecified atom stereocenters. The van der Waals surface area contributed by atoms with E-state index in [1.165, 1.54) is 11.5 Å². The molecule has 2 atom stereocenters. The average molecular weight is 313 g/mol. The van der Waals surface area contributed by atoms with Crippen molar-refractivity contribution in [2.24, 2.45) is 11.3 Å². The van der Waals surface area contributed by atoms with Crippen LogP contribution in [-0.4, -0.2) is 22.2 Å². The zero-order valence-corrected chi connectivity index (χ0v) is 13.6. The highest BCUT2D eigenvalue weighted by Gasteiger charge is 2.50. The summed E-state index contributed by atoms with van der Waals surface area (Å²) < 4.78 is 7.11. The zero-order valence-electron chi connectivity index (χ0n) is 13.6. The van der Waals surface area contributed by atoms with Crippen molar-refractivity contribution >= 4 is 28.6 Å². The van der Waals surface area contributed by atoms with Crippen molar-refractivity contribution in [2.45, 2.75) is 33.8 Å². The molecule has 1 aliphatic heterocycles. The van der Waals surface area contributed by atoms with Gasteiger partial charge in [-0.1, -0.05) is 18.2 Å². The van der Waals surface area contributed by atoms with E-state index in [1.807, 2.05) is 24.3 Å². The molecule has 0 spiro atoms. The number of Topliss-reactive ketones (excluding diaryl/α,β-unsaturated/α-hetero) is 1. The van der Waals surface area contributed by atoms with Crippen LogP contribution in [0.2, 0.25) is 0 Å². The first-order chi connectivity index (χ1) is 10.7. The highest BCUT2D eigenvalue weighted by molar-refractivity contribution is 6.04. The number of ketones is 1. The SMILES string of the molecule is CC(=O)n1cc([C@@H]2OC(=O)[C@H](C)C(=O)C2(C)C)c2ccccc21. The quantitative estimate of drug-likeness (QED) is 0.599. The molecule has 2 heterocycles. The lowest BCUT2D eigenvalue weighted by molar-refractivity contribution is -0.177. The van der Waals surface area contributed by atoms with Crippen LogP contribution in [0.15, 0.2) is 30.5 Å². The van der Waals surface area contributed by atoms with Crippen LogP contribution in [0.1, 0.15) is 44.2 Å². The second kappa shape index (κ2) is 5.05. The van der Waals surface area contributed by atoms with Crippen molar-refractivity contribution in [1.82, 2.24) is 4.57 Å². The van der Waals surface area contributed by atoms with Gasteiger partial charge < -0.3 is 4.74 Å². The van der Waals surface area contributed by atoms with Gasteiger partial charge in [0.05, 0.1) is 10.9 Å². The summed E-state index contributed by atoms with van der Waals surface area (Å²) >= 11 is 0. The number of nitrogens with zero attached hydrogens (tertiary/aromatic N) is 1. The fraction of sp³-hybridized carbons (Fsp3) is 0.389. The van der Waals surface area contributed by atoms with E-state index >= 15 is 0 Å². The molecule has 0 N–H and O–H groups in total. The van der Waals surface area contributed by atoms with E-state index in [-0.39, 0.29) is 11.7 Å². The van der Waals surface area contributed by atoms with Crippen LogP contribution in [-0.2, 0) is 14.3 Å². The third kappa shape index (κ3) is 2.19. The monoisotopic (exact) mass is 313 g/mol. The molecule has 1 aliphatic rings. The second-order valence-electron chi connectivity index (χ2n) is 6.62. The van der Waals surface area contributed by atoms with Gasteiger partial charge in [0, 0.05) is 24.1 Å². The molecule has 1 aromatic heterocycles. The maximum Gasteiger partial charge on any atom is 0.316 e. The van der Waals surface area contributed by atoms with Crippen molar-refractivity contribution in [3.8, 4) is 0 Å². The van der Waals surface area contributed by atoms with E-state index in [0.29, 0.717) is 5.56 Å². The van der Waals surface area contributed by atoms with Crippen molar-refractivity contribution in [2.75, 3.05) is 0 Å². The number of carbonyl (C=O) groups is 3. The van der Waals surface area contributed by atoms with Gasteiger partial charge in [-0.05, 0) is 26.8 Å². The number of fused-ring (bicyclic) bond motifs is 1. The Kier molecular flexibility index (Phi) is 3.39. The molecule has 1 fully saturated rings. The second-order valence-corrected chi connectivity index (χ2v) is 6.62. The number of benzene rings is 1. The van der Waals surface area contributed by atoms with Crippen LogP contribution in [0, 0.1) is 11.3 Å². The predicted molar refractivity (Wildman–Crippen MR) is 85.0 cm³/mol. The van der Waals surface area contributed by atoms with Gasteiger partial charge in [-0.25, -0.2) is 0 Å². The average Bonchev–Trinajstić information content (AvgIpc) is 2.89. The molecule has 23 heavy (non-hydrogen) atoms. The molecule has 120 valence electrons. The van der Waals surface area contributed by atoms with Gasteiger partial charge in [0.1, 0.15) is 12.0 Å². The van der Waals surface area contributed by atoms with Crippen LogP contribution in [0.4, 0.5) is 0 Å². The molecular formula is C18H19NO4. The van der Waals surface area contributed by atoms with Crippen molar-refractivity contribution in [3.05, 3.63) is 36.0 Å². The molecular weight excluding hydrogens is 294 g/mol. The third-order valence-electron chi connectivity index (χ3n) is 4.64. The normalized spacial score (nSPS) is 23.8. The Morgan fingerprint density at radius 2 is 1.87 bits per heavy atom. The van der Waals surface area contributed by atoms with Crippen molar-refractivity contribution < 1.29 is 19.1 Å². The maximum atomic E-state index is 12.5. The first-order valence-electron chi connectivity index (χ1n) is 7.61. The number of esters is 1. The van der Waals surface area contributed by atoms with E-state index in [4.69, 9.17) is 4.74 Å². The van der Waals surface area contributed by atoms with Gasteiger partial charge in [-0.15, -0.1) is 0 Å². The van der Waals surface area contributed by atoms with E-state index < -0.39 is 23.4 Å². The number of rotatable bonds is 1. The number of hydrogen-bond donors (Lipinski definition) is 0. The molecule has 1 aromatic carbocycles. The molecule has 0 aliphatic carbocycles. The van der Waals surface area contributed by atoms with Gasteiger partial charge in [-0.3, -0.25) is 19.0 Å². The summed E-state index contributed by atoms with van der Waals surface area (Å²) in [6, 6.07) is 7.41. The Bertz CT molecular complexity index is 831. The number of hydrogen-bond acceptors (Lipinski definition) is 4. The van der Waals surface area contributed by atoms with E-state index in [0.717, 1.165) is 10.9 Å². The van der Waals surface area contributed by atoms with Crippen molar-refractivity contribution in [1.29, 1.82) is 0 Å². The first kappa shape index (κ1) is 15.5. The maximum absolute atomic E-state index is 12.5. The molecule has 0 saturated carbocycles. The third-order valence-corrected chi connectivity index (χ3v) is 4.64. The lowest BCUT2D eigenvalue weighted by atomic mass is 9.73. The molecule has 0 bridgehead atoms. The summed E-state index contributed by atoms with van der Waals surface area (Å²) in [5, 5.41) is 0.816. The molecule has 5 heteroatoms. The first-order valence-corrected chi connectivity index (χ1v) is 7.61. The predicted octanol–water partition coefficient (Wildman–Crippen LogP) is 3.13. The van der Waals surface area contributed by atoms with Crippen LogP contribution >= 0.6 is 0 Å². The largest absolute Gasteiger partial charge is 0.456 e. The minimum atomic E-state index is -0.848. The van der Waals surface area contributed by atoms with E-state index in [2.05, 4.69) is 0 Å². The Morgan fingerprint density at radius 3 is 2.52 bits per heavy atom. The minimum absolute atomic E-state index is 0.132. The minimum Gasteiger partial charge on any atom is -0.456 e. The summed E-state index contributed by atoms with van der Waals surface area (Å²) in [5.74, 6) is -1.55. The van der Waals surface area contributed by atoms with Gasteiger partial charge in [0.15, 0.2) is 5.78 Å². The molecule has 3 rings (SSSR count). The Hall–Kier alpha value is -2.43. The molecule has 0 radical (unpaired) electrons. The highest BCUT2D eigenvalue weighted by atomic mass is 16.5. The van der Waals surface area contributed by atoms with Crippen LogP contribution in [0.5, 0.6) is 0 Å². The Labute approximate surface area is 134 Å². The summed E-state index contributed by atoms with van der Waals surface area (Å²) in [4.78, 5) is 36.5. The molecule has 2 aromatic rings. The van der Waals surface area contributed by atoms with Crippen LogP contribution in [0.3, 0.4) is 0 Å². The summed E-state index contributed by atoms with van der Waals surface area (Å²) in [6.07, 6.45) is 0.972. The van der Waals surface area contributed by atoms with Crippen LogP contribution in [0.25, 0.3) is 10.9 Å². The summed E-state index contributed by atoms with van der Waals surface area (Å²) in [7, 11) is 0. The smallest absolute Gasteiger partial charge is 0.316 e. The van der Waals surface area contributed by atoms with Crippen LogP contribution < -0.4 is 0 Å². The number of cyclic esters (lactones) is 1. The fourth-order valence-electron chi connectivity index (χ4n) is 3.29. The topological polar surface area (TPSA) is 65.4 Å². The standard InChI is InChI=1S/C18H19NO4/c1-10-15(21)18(3,4)16(23-17(10)22)13-9-19(11(2)20)14-8-6-5-7-12(13)14/h5-10,16H,1-4H3/t10-,16+/m1/s1. The van der Waals surface area contributed by atoms with Gasteiger partial charge in [0.2, 0.25) is 5.91 Å². The Balaban J connectivity index is 2.22. The Morgan fingerprint density at radius 1 is 1.22 bits per heavy atom. The van der Waals surface area contributed by atoms with Gasteiger partial charge >= 0.3 is 5.97 Å². The van der Waals surface area contributed by atoms with Gasteiger partial charge in [-0.2, -0.15) is 0 Å². The van der Waals surface area contributed by atoms with E-state index in [1.54, 1.807) is 27.0 Å². The lowest BCUT2D eigenvalue weighted by Crippen LogP contribution is -2.46.